The van der Waals surface area contributed by atoms with Gasteiger partial charge in [0.2, 0.25) is 0 Å². The predicted octanol–water partition coefficient (Wildman–Crippen LogP) is 2.00. The summed E-state index contributed by atoms with van der Waals surface area (Å²) < 4.78 is 0.954. The molecular formula is C11H15BrN2O. The zero-order valence-corrected chi connectivity index (χ0v) is 10.6. The van der Waals surface area contributed by atoms with Crippen LogP contribution in [0.25, 0.3) is 0 Å². The number of hydrogen-bond donors (Lipinski definition) is 0. The molecule has 0 saturated carbocycles. The van der Waals surface area contributed by atoms with Gasteiger partial charge in [-0.1, -0.05) is 34.2 Å². The summed E-state index contributed by atoms with van der Waals surface area (Å²) in [6, 6.07) is 0. The van der Waals surface area contributed by atoms with E-state index in [1.165, 1.54) is 0 Å². The highest BCUT2D eigenvalue weighted by atomic mass is 79.9. The number of nitrogens with zero attached hydrogens (tertiary/aromatic N) is 2. The second-order valence-electron chi connectivity index (χ2n) is 3.71. The molecule has 0 fully saturated rings. The first-order chi connectivity index (χ1) is 7.09. The summed E-state index contributed by atoms with van der Waals surface area (Å²) in [6.07, 6.45) is 8.23. The average molecular weight is 271 g/mol. The summed E-state index contributed by atoms with van der Waals surface area (Å²) in [5, 5.41) is 0. The maximum atomic E-state index is 11.6. The lowest BCUT2D eigenvalue weighted by Crippen LogP contribution is -2.16. The van der Waals surface area contributed by atoms with Crippen molar-refractivity contribution in [3.05, 3.63) is 22.7 Å². The minimum absolute atomic E-state index is 0.0712. The second kappa shape index (κ2) is 5.98. The van der Waals surface area contributed by atoms with Crippen molar-refractivity contribution in [1.82, 2.24) is 4.90 Å². The predicted molar refractivity (Wildman–Crippen MR) is 66.3 cm³/mol. The molecule has 0 heterocycles. The number of carbonyl (C=O) groups excluding carboxylic acids is 1. The van der Waals surface area contributed by atoms with Gasteiger partial charge in [0.25, 0.3) is 5.91 Å². The highest BCUT2D eigenvalue weighted by Crippen LogP contribution is 2.21. The van der Waals surface area contributed by atoms with E-state index in [1.807, 2.05) is 37.2 Å². The van der Waals surface area contributed by atoms with Gasteiger partial charge in [-0.25, -0.2) is 4.99 Å². The molecule has 0 N–H and O–H groups in total. The van der Waals surface area contributed by atoms with Gasteiger partial charge in [0.1, 0.15) is 0 Å². The van der Waals surface area contributed by atoms with Crippen LogP contribution in [0.3, 0.4) is 0 Å². The lowest BCUT2D eigenvalue weighted by molar-refractivity contribution is -0.120. The van der Waals surface area contributed by atoms with Crippen LogP contribution in [0.1, 0.15) is 6.42 Å². The Labute approximate surface area is 98.7 Å². The van der Waals surface area contributed by atoms with Gasteiger partial charge >= 0.3 is 0 Å². The van der Waals surface area contributed by atoms with Crippen molar-refractivity contribution in [3.8, 4) is 0 Å². The summed E-state index contributed by atoms with van der Waals surface area (Å²) in [7, 11) is 3.88. The van der Waals surface area contributed by atoms with Crippen molar-refractivity contribution < 1.29 is 4.79 Å². The molecule has 0 aromatic carbocycles. The number of carbonyl (C=O) groups is 1. The lowest BCUT2D eigenvalue weighted by atomic mass is 10.0. The van der Waals surface area contributed by atoms with Gasteiger partial charge in [-0.15, -0.1) is 0 Å². The van der Waals surface area contributed by atoms with E-state index in [9.17, 15) is 4.79 Å². The van der Waals surface area contributed by atoms with Crippen molar-refractivity contribution >= 4 is 28.1 Å². The van der Waals surface area contributed by atoms with Crippen LogP contribution in [0.2, 0.25) is 0 Å². The van der Waals surface area contributed by atoms with Crippen molar-refractivity contribution in [3.63, 3.8) is 0 Å². The molecule has 1 aliphatic carbocycles. The number of allylic oxidation sites excluding steroid dienone is 3. The molecule has 0 radical (unpaired) electrons. The summed E-state index contributed by atoms with van der Waals surface area (Å²) in [4.78, 5) is 17.5. The van der Waals surface area contributed by atoms with Gasteiger partial charge in [0, 0.05) is 17.2 Å². The molecule has 3 nitrogen and oxygen atoms in total. The molecule has 1 unspecified atom stereocenters. The minimum Gasteiger partial charge on any atom is -0.304 e. The van der Waals surface area contributed by atoms with Crippen LogP contribution in [0, 0.1) is 5.92 Å². The van der Waals surface area contributed by atoms with Gasteiger partial charge < -0.3 is 4.90 Å². The Morgan fingerprint density at radius 1 is 1.73 bits per heavy atom. The fourth-order valence-electron chi connectivity index (χ4n) is 1.20. The topological polar surface area (TPSA) is 32.7 Å². The number of rotatable bonds is 3. The zero-order chi connectivity index (χ0) is 11.3. The first-order valence-corrected chi connectivity index (χ1v) is 5.64. The van der Waals surface area contributed by atoms with E-state index >= 15 is 0 Å². The number of halogens is 1. The third-order valence-corrected chi connectivity index (χ3v) is 2.54. The largest absolute Gasteiger partial charge is 0.304 e. The summed E-state index contributed by atoms with van der Waals surface area (Å²) in [5.74, 6) is -0.180. The summed E-state index contributed by atoms with van der Waals surface area (Å²) in [6.45, 7) is 0.694. The van der Waals surface area contributed by atoms with Crippen LogP contribution in [0.15, 0.2) is 27.7 Å². The van der Waals surface area contributed by atoms with Crippen molar-refractivity contribution in [2.45, 2.75) is 6.42 Å². The van der Waals surface area contributed by atoms with Crippen molar-refractivity contribution in [2.24, 2.45) is 10.9 Å². The molecule has 0 aromatic heterocycles. The van der Waals surface area contributed by atoms with Gasteiger partial charge in [0.05, 0.1) is 5.92 Å². The Balaban J connectivity index is 2.48. The Kier molecular flexibility index (Phi) is 4.91. The normalized spacial score (nSPS) is 21.1. The lowest BCUT2D eigenvalue weighted by Gasteiger charge is -2.10. The molecule has 82 valence electrons. The molecule has 0 spiro atoms. The van der Waals surface area contributed by atoms with Gasteiger partial charge in [0.15, 0.2) is 0 Å². The Morgan fingerprint density at radius 3 is 3.07 bits per heavy atom. The van der Waals surface area contributed by atoms with Crippen LogP contribution in [-0.4, -0.2) is 37.7 Å². The van der Waals surface area contributed by atoms with E-state index in [2.05, 4.69) is 20.9 Å². The maximum absolute atomic E-state index is 11.6. The van der Waals surface area contributed by atoms with Crippen LogP contribution in [0.5, 0.6) is 0 Å². The summed E-state index contributed by atoms with van der Waals surface area (Å²) in [5.41, 5.74) is 0. The van der Waals surface area contributed by atoms with Crippen LogP contribution < -0.4 is 0 Å². The Hall–Kier alpha value is -0.740. The van der Waals surface area contributed by atoms with Crippen LogP contribution in [0.4, 0.5) is 0 Å². The van der Waals surface area contributed by atoms with Crippen LogP contribution >= 0.6 is 15.9 Å². The molecular weight excluding hydrogens is 256 g/mol. The number of amides is 1. The molecule has 0 aromatic rings. The molecule has 1 amide bonds. The van der Waals surface area contributed by atoms with E-state index in [1.54, 1.807) is 6.21 Å². The summed E-state index contributed by atoms with van der Waals surface area (Å²) >= 11 is 3.35. The van der Waals surface area contributed by atoms with E-state index in [0.717, 1.165) is 10.9 Å². The molecule has 0 aliphatic heterocycles. The molecule has 1 rings (SSSR count). The average Bonchev–Trinajstić information content (AvgIpc) is 2.17. The van der Waals surface area contributed by atoms with E-state index in [-0.39, 0.29) is 11.8 Å². The highest BCUT2D eigenvalue weighted by Gasteiger charge is 2.15. The van der Waals surface area contributed by atoms with E-state index in [0.29, 0.717) is 6.54 Å². The minimum atomic E-state index is -0.109. The third-order valence-electron chi connectivity index (χ3n) is 2.01. The number of hydrogen-bond acceptors (Lipinski definition) is 2. The Morgan fingerprint density at radius 2 is 2.47 bits per heavy atom. The fourth-order valence-corrected chi connectivity index (χ4v) is 1.71. The quantitative estimate of drug-likeness (QED) is 0.735. The maximum Gasteiger partial charge on any atom is 0.252 e. The van der Waals surface area contributed by atoms with Gasteiger partial charge in [-0.2, -0.15) is 0 Å². The first kappa shape index (κ1) is 12.3. The van der Waals surface area contributed by atoms with Gasteiger partial charge in [-0.3, -0.25) is 4.79 Å². The smallest absolute Gasteiger partial charge is 0.252 e. The number of aliphatic imine (C=N–C) groups is 1. The van der Waals surface area contributed by atoms with E-state index < -0.39 is 0 Å². The zero-order valence-electron chi connectivity index (χ0n) is 8.98. The molecule has 15 heavy (non-hydrogen) atoms. The fraction of sp³-hybridized carbons (Fsp3) is 0.455. The second-order valence-corrected chi connectivity index (χ2v) is 4.62. The molecule has 0 bridgehead atoms. The SMILES string of the molecule is CN(C)CC=NC(=O)C1C=C(Br)C=CC1. The first-order valence-electron chi connectivity index (χ1n) is 4.84. The van der Waals surface area contributed by atoms with Crippen molar-refractivity contribution in [1.29, 1.82) is 0 Å². The molecule has 1 atom stereocenters. The highest BCUT2D eigenvalue weighted by molar-refractivity contribution is 9.11. The molecule has 4 heteroatoms. The van der Waals surface area contributed by atoms with Crippen molar-refractivity contribution in [2.75, 3.05) is 20.6 Å². The van der Waals surface area contributed by atoms with Crippen LogP contribution in [-0.2, 0) is 4.79 Å². The Bertz CT molecular complexity index is 319. The van der Waals surface area contributed by atoms with E-state index in [4.69, 9.17) is 0 Å². The monoisotopic (exact) mass is 270 g/mol. The third kappa shape index (κ3) is 4.53. The molecule has 0 saturated heterocycles. The van der Waals surface area contributed by atoms with Gasteiger partial charge in [-0.05, 0) is 20.5 Å². The molecule has 1 aliphatic rings. The standard InChI is InChI=1S/C11H15BrN2O/c1-14(2)7-6-13-11(15)9-4-3-5-10(12)8-9/h3,5-6,8-9H,4,7H2,1-2H3.